The van der Waals surface area contributed by atoms with Gasteiger partial charge >= 0.3 is 16.0 Å². The number of carbonyl (C=O) groups excluding carboxylic acids is 1. The molecule has 29 heavy (non-hydrogen) atoms. The summed E-state index contributed by atoms with van der Waals surface area (Å²) in [6.07, 6.45) is -4.55. The van der Waals surface area contributed by atoms with E-state index in [0.717, 1.165) is 4.57 Å². The minimum atomic E-state index is -4.52. The highest BCUT2D eigenvalue weighted by molar-refractivity contribution is 7.85. The third-order valence-corrected chi connectivity index (χ3v) is 4.99. The zero-order chi connectivity index (χ0) is 21.2. The van der Waals surface area contributed by atoms with Crippen LogP contribution in [0.2, 0.25) is 0 Å². The number of benzene rings is 1. The van der Waals surface area contributed by atoms with Gasteiger partial charge in [0.15, 0.2) is 6.23 Å². The lowest BCUT2D eigenvalue weighted by molar-refractivity contribution is -0.0509. The van der Waals surface area contributed by atoms with E-state index < -0.39 is 53.0 Å². The molecule has 1 aliphatic rings. The zero-order valence-electron chi connectivity index (χ0n) is 14.8. The Morgan fingerprint density at radius 3 is 2.59 bits per heavy atom. The van der Waals surface area contributed by atoms with Gasteiger partial charge in [-0.05, 0) is 18.2 Å². The number of aliphatic hydroxyl groups is 2. The quantitative estimate of drug-likeness (QED) is 0.408. The molecule has 1 saturated heterocycles. The largest absolute Gasteiger partial charge is 0.387 e. The lowest BCUT2D eigenvalue weighted by Crippen LogP contribution is -2.38. The van der Waals surface area contributed by atoms with Gasteiger partial charge < -0.3 is 20.7 Å². The molecule has 0 unspecified atom stereocenters. The standard InChI is InChI=1S/C16H18N4O8S/c17-11-6-7-20(16(24)18-11)15-13(22)12(21)10(28-15)8-27-29(25,26)19-14(23)9-4-2-1-3-5-9/h1-7,10,12-13,15,21-22H,8H2,(H,19,23)(H2,17,18,24)/t10-,12-,13-,15-/m1/s1. The normalized spacial score (nSPS) is 24.3. The molecule has 1 aliphatic heterocycles. The predicted octanol–water partition coefficient (Wildman–Crippen LogP) is -1.86. The Morgan fingerprint density at radius 2 is 1.93 bits per heavy atom. The number of carbonyl (C=O) groups is 1. The number of hydrogen-bond donors (Lipinski definition) is 4. The maximum absolute atomic E-state index is 12.0. The Kier molecular flexibility index (Phi) is 5.95. The van der Waals surface area contributed by atoms with Crippen molar-refractivity contribution in [2.24, 2.45) is 0 Å². The van der Waals surface area contributed by atoms with Crippen molar-refractivity contribution in [3.63, 3.8) is 0 Å². The van der Waals surface area contributed by atoms with Gasteiger partial charge in [-0.25, -0.2) is 9.52 Å². The number of ether oxygens (including phenoxy) is 1. The Morgan fingerprint density at radius 1 is 1.24 bits per heavy atom. The highest BCUT2D eigenvalue weighted by atomic mass is 32.2. The summed E-state index contributed by atoms with van der Waals surface area (Å²) >= 11 is 0. The number of nitrogen functional groups attached to an aromatic ring is 1. The monoisotopic (exact) mass is 426 g/mol. The van der Waals surface area contributed by atoms with Gasteiger partial charge in [0.2, 0.25) is 0 Å². The average molecular weight is 426 g/mol. The van der Waals surface area contributed by atoms with Crippen LogP contribution in [0, 0.1) is 0 Å². The molecule has 2 heterocycles. The fraction of sp³-hybridized carbons (Fsp3) is 0.312. The van der Waals surface area contributed by atoms with E-state index in [1.165, 1.54) is 24.4 Å². The van der Waals surface area contributed by atoms with Crippen LogP contribution in [0.1, 0.15) is 16.6 Å². The molecule has 3 rings (SSSR count). The summed E-state index contributed by atoms with van der Waals surface area (Å²) in [5.41, 5.74) is 4.67. The van der Waals surface area contributed by atoms with Crippen molar-refractivity contribution in [2.75, 3.05) is 12.3 Å². The number of rotatable bonds is 6. The van der Waals surface area contributed by atoms with Crippen molar-refractivity contribution in [3.05, 3.63) is 58.6 Å². The molecule has 0 saturated carbocycles. The van der Waals surface area contributed by atoms with Crippen molar-refractivity contribution in [2.45, 2.75) is 24.5 Å². The summed E-state index contributed by atoms with van der Waals surface area (Å²) in [4.78, 5) is 27.3. The molecular formula is C16H18N4O8S. The minimum Gasteiger partial charge on any atom is -0.387 e. The van der Waals surface area contributed by atoms with Crippen LogP contribution in [-0.4, -0.2) is 59.0 Å². The summed E-state index contributed by atoms with van der Waals surface area (Å²) < 4.78 is 36.6. The van der Waals surface area contributed by atoms with Crippen molar-refractivity contribution in [3.8, 4) is 0 Å². The molecule has 0 bridgehead atoms. The van der Waals surface area contributed by atoms with Crippen LogP contribution in [0.4, 0.5) is 5.82 Å². The van der Waals surface area contributed by atoms with E-state index >= 15 is 0 Å². The third-order valence-electron chi connectivity index (χ3n) is 4.10. The number of nitrogens with two attached hydrogens (primary N) is 1. The first-order chi connectivity index (χ1) is 13.7. The van der Waals surface area contributed by atoms with Crippen molar-refractivity contribution in [1.82, 2.24) is 14.3 Å². The lowest BCUT2D eigenvalue weighted by Gasteiger charge is -2.16. The van der Waals surface area contributed by atoms with Crippen LogP contribution >= 0.6 is 0 Å². The Bertz CT molecular complexity index is 1040. The second-order valence-electron chi connectivity index (χ2n) is 6.12. The van der Waals surface area contributed by atoms with Gasteiger partial charge in [0.25, 0.3) is 5.91 Å². The number of nitrogens with one attached hydrogen (secondary N) is 1. The summed E-state index contributed by atoms with van der Waals surface area (Å²) in [7, 11) is -4.52. The first-order valence-electron chi connectivity index (χ1n) is 8.31. The van der Waals surface area contributed by atoms with Crippen LogP contribution in [0.3, 0.4) is 0 Å². The molecular weight excluding hydrogens is 408 g/mol. The first-order valence-corrected chi connectivity index (χ1v) is 9.71. The maximum atomic E-state index is 12.0. The van der Waals surface area contributed by atoms with Crippen LogP contribution in [0.15, 0.2) is 47.4 Å². The summed E-state index contributed by atoms with van der Waals surface area (Å²) in [6, 6.07) is 8.88. The van der Waals surface area contributed by atoms with E-state index in [9.17, 15) is 28.2 Å². The van der Waals surface area contributed by atoms with Crippen LogP contribution in [-0.2, 0) is 19.2 Å². The minimum absolute atomic E-state index is 0.0422. The second kappa shape index (κ2) is 8.26. The summed E-state index contributed by atoms with van der Waals surface area (Å²) in [5.74, 6) is -0.949. The Labute approximate surface area is 164 Å². The van der Waals surface area contributed by atoms with Crippen LogP contribution in [0.5, 0.6) is 0 Å². The highest BCUT2D eigenvalue weighted by Crippen LogP contribution is 2.28. The fourth-order valence-corrected chi connectivity index (χ4v) is 3.38. The van der Waals surface area contributed by atoms with E-state index in [0.29, 0.717) is 0 Å². The van der Waals surface area contributed by atoms with Crippen molar-refractivity contribution >= 4 is 22.0 Å². The van der Waals surface area contributed by atoms with Gasteiger partial charge in [0.1, 0.15) is 24.1 Å². The topological polar surface area (TPSA) is 183 Å². The SMILES string of the molecule is Nc1ccn([C@@H]2O[C@H](COS(=O)(=O)NC(=O)c3ccccc3)[C@@H](O)[C@H]2O)c(=O)n1. The van der Waals surface area contributed by atoms with Gasteiger partial charge in [0.05, 0.1) is 6.61 Å². The molecule has 0 spiro atoms. The van der Waals surface area contributed by atoms with E-state index in [2.05, 4.69) is 9.17 Å². The lowest BCUT2D eigenvalue weighted by atomic mass is 10.1. The average Bonchev–Trinajstić information content (AvgIpc) is 2.95. The molecule has 1 amide bonds. The number of aromatic nitrogens is 2. The molecule has 1 fully saturated rings. The molecule has 5 N–H and O–H groups in total. The summed E-state index contributed by atoms with van der Waals surface area (Å²) in [6.45, 7) is -0.719. The number of nitrogens with zero attached hydrogens (tertiary/aromatic N) is 2. The fourth-order valence-electron chi connectivity index (χ4n) is 2.66. The van der Waals surface area contributed by atoms with E-state index in [1.807, 2.05) is 0 Å². The molecule has 156 valence electrons. The van der Waals surface area contributed by atoms with Gasteiger partial charge in [-0.2, -0.15) is 13.4 Å². The second-order valence-corrected chi connectivity index (χ2v) is 7.47. The molecule has 1 aromatic heterocycles. The Hall–Kier alpha value is -2.84. The van der Waals surface area contributed by atoms with E-state index in [4.69, 9.17) is 10.5 Å². The number of hydrogen-bond acceptors (Lipinski definition) is 10. The maximum Gasteiger partial charge on any atom is 0.362 e. The first kappa shape index (κ1) is 20.9. The van der Waals surface area contributed by atoms with Crippen LogP contribution < -0.4 is 16.1 Å². The van der Waals surface area contributed by atoms with Gasteiger partial charge in [-0.15, -0.1) is 0 Å². The van der Waals surface area contributed by atoms with Gasteiger partial charge in [-0.3, -0.25) is 13.5 Å². The molecule has 2 aromatic rings. The molecule has 4 atom stereocenters. The van der Waals surface area contributed by atoms with Crippen molar-refractivity contribution in [1.29, 1.82) is 0 Å². The molecule has 0 radical (unpaired) electrons. The predicted molar refractivity (Wildman–Crippen MR) is 97.6 cm³/mol. The highest BCUT2D eigenvalue weighted by Gasteiger charge is 2.44. The van der Waals surface area contributed by atoms with Crippen molar-refractivity contribution < 1.29 is 32.3 Å². The van der Waals surface area contributed by atoms with Crippen LogP contribution in [0.25, 0.3) is 0 Å². The van der Waals surface area contributed by atoms with E-state index in [-0.39, 0.29) is 11.4 Å². The van der Waals surface area contributed by atoms with E-state index in [1.54, 1.807) is 22.9 Å². The molecule has 1 aromatic carbocycles. The summed E-state index contributed by atoms with van der Waals surface area (Å²) in [5, 5.41) is 20.2. The molecule has 12 nitrogen and oxygen atoms in total. The third kappa shape index (κ3) is 4.78. The van der Waals surface area contributed by atoms with Gasteiger partial charge in [-0.1, -0.05) is 18.2 Å². The smallest absolute Gasteiger partial charge is 0.362 e. The van der Waals surface area contributed by atoms with Gasteiger partial charge in [0, 0.05) is 11.8 Å². The number of aliphatic hydroxyl groups excluding tert-OH is 2. The number of amides is 1. The molecule has 0 aliphatic carbocycles. The zero-order valence-corrected chi connectivity index (χ0v) is 15.6. The molecule has 13 heteroatoms. The number of anilines is 1. The Balaban J connectivity index is 1.64.